The van der Waals surface area contributed by atoms with Crippen LogP contribution in [0.25, 0.3) is 10.8 Å². The summed E-state index contributed by atoms with van der Waals surface area (Å²) in [6.45, 7) is 2.13. The number of aromatic amines is 1. The Morgan fingerprint density at radius 1 is 0.923 bits per heavy atom. The van der Waals surface area contributed by atoms with Crippen molar-refractivity contribution in [1.82, 2.24) is 9.88 Å². The second kappa shape index (κ2) is 6.63. The average Bonchev–Trinajstić information content (AvgIpc) is 2.69. The summed E-state index contributed by atoms with van der Waals surface area (Å²) < 4.78 is 14.0. The van der Waals surface area contributed by atoms with Gasteiger partial charge < -0.3 is 14.8 Å². The third-order valence-electron chi connectivity index (χ3n) is 4.80. The normalized spacial score (nSPS) is 14.7. The predicted molar refractivity (Wildman–Crippen MR) is 99.1 cm³/mol. The number of halogens is 1. The molecule has 0 spiro atoms. The minimum absolute atomic E-state index is 0.120. The Kier molecular flexibility index (Phi) is 4.16. The number of carbonyl (C=O) groups is 1. The number of nitrogens with zero attached hydrogens (tertiary/aromatic N) is 2. The first-order valence-corrected chi connectivity index (χ1v) is 8.54. The summed E-state index contributed by atoms with van der Waals surface area (Å²) in [6.07, 6.45) is 1.48. The van der Waals surface area contributed by atoms with Gasteiger partial charge in [0.05, 0.1) is 11.3 Å². The topological polar surface area (TPSA) is 56.4 Å². The molecule has 132 valence electrons. The molecule has 2 aromatic carbocycles. The molecule has 4 rings (SSSR count). The van der Waals surface area contributed by atoms with Crippen LogP contribution in [-0.2, 0) is 0 Å². The van der Waals surface area contributed by atoms with Crippen molar-refractivity contribution in [3.8, 4) is 0 Å². The summed E-state index contributed by atoms with van der Waals surface area (Å²) in [5, 5.41) is 1.15. The van der Waals surface area contributed by atoms with Crippen LogP contribution >= 0.6 is 0 Å². The zero-order chi connectivity index (χ0) is 18.1. The molecule has 0 bridgehead atoms. The molecular weight excluding hydrogens is 333 g/mol. The van der Waals surface area contributed by atoms with Crippen LogP contribution in [0, 0.1) is 5.82 Å². The molecule has 0 aliphatic carbocycles. The number of amides is 1. The standard InChI is InChI=1S/C20H18FN3O2/c21-17-7-3-4-8-18(17)23-9-11-24(12-10-23)20(26)16-13-22-19(25)15-6-2-1-5-14(15)16/h1-8,13H,9-12H2,(H,22,25). The molecule has 0 atom stereocenters. The van der Waals surface area contributed by atoms with Crippen LogP contribution in [0.3, 0.4) is 0 Å². The van der Waals surface area contributed by atoms with Crippen molar-refractivity contribution in [2.45, 2.75) is 0 Å². The van der Waals surface area contributed by atoms with E-state index in [1.54, 1.807) is 35.2 Å². The van der Waals surface area contributed by atoms with Crippen LogP contribution in [0.4, 0.5) is 10.1 Å². The highest BCUT2D eigenvalue weighted by atomic mass is 19.1. The number of anilines is 1. The molecule has 1 N–H and O–H groups in total. The SMILES string of the molecule is O=C(c1c[nH]c(=O)c2ccccc12)N1CCN(c2ccccc2F)CC1. The lowest BCUT2D eigenvalue weighted by atomic mass is 10.1. The zero-order valence-electron chi connectivity index (χ0n) is 14.1. The number of benzene rings is 2. The molecule has 2 heterocycles. The molecule has 1 saturated heterocycles. The minimum atomic E-state index is -0.251. The second-order valence-corrected chi connectivity index (χ2v) is 6.31. The van der Waals surface area contributed by atoms with E-state index in [9.17, 15) is 14.0 Å². The van der Waals surface area contributed by atoms with Crippen LogP contribution in [0.1, 0.15) is 10.4 Å². The number of aromatic nitrogens is 1. The fraction of sp³-hybridized carbons (Fsp3) is 0.200. The average molecular weight is 351 g/mol. The van der Waals surface area contributed by atoms with E-state index in [0.717, 1.165) is 0 Å². The molecule has 1 aliphatic heterocycles. The van der Waals surface area contributed by atoms with E-state index in [2.05, 4.69) is 4.98 Å². The molecule has 0 saturated carbocycles. The number of pyridine rings is 1. The molecule has 0 radical (unpaired) electrons. The lowest BCUT2D eigenvalue weighted by Crippen LogP contribution is -2.49. The fourth-order valence-corrected chi connectivity index (χ4v) is 3.42. The monoisotopic (exact) mass is 351 g/mol. The van der Waals surface area contributed by atoms with Crippen molar-refractivity contribution in [1.29, 1.82) is 0 Å². The second-order valence-electron chi connectivity index (χ2n) is 6.31. The lowest BCUT2D eigenvalue weighted by molar-refractivity contribution is 0.0748. The number of rotatable bonds is 2. The number of H-pyrrole nitrogens is 1. The summed E-state index contributed by atoms with van der Waals surface area (Å²) in [5.41, 5.74) is 0.843. The third kappa shape index (κ3) is 2.83. The van der Waals surface area contributed by atoms with E-state index in [0.29, 0.717) is 48.2 Å². The summed E-state index contributed by atoms with van der Waals surface area (Å²) in [7, 11) is 0. The first-order valence-electron chi connectivity index (χ1n) is 8.54. The molecule has 1 fully saturated rings. The van der Waals surface area contributed by atoms with Crippen LogP contribution in [0.2, 0.25) is 0 Å². The van der Waals surface area contributed by atoms with E-state index in [1.165, 1.54) is 12.3 Å². The fourth-order valence-electron chi connectivity index (χ4n) is 3.42. The highest BCUT2D eigenvalue weighted by Gasteiger charge is 2.24. The van der Waals surface area contributed by atoms with Crippen LogP contribution in [-0.4, -0.2) is 42.0 Å². The van der Waals surface area contributed by atoms with E-state index in [1.807, 2.05) is 17.0 Å². The van der Waals surface area contributed by atoms with Gasteiger partial charge >= 0.3 is 0 Å². The Hall–Kier alpha value is -3.15. The summed E-state index contributed by atoms with van der Waals surface area (Å²) >= 11 is 0. The molecule has 1 amide bonds. The summed E-state index contributed by atoms with van der Waals surface area (Å²) in [6, 6.07) is 13.8. The Morgan fingerprint density at radius 2 is 1.58 bits per heavy atom. The molecule has 6 heteroatoms. The molecule has 5 nitrogen and oxygen atoms in total. The molecule has 1 aliphatic rings. The van der Waals surface area contributed by atoms with Crippen LogP contribution < -0.4 is 10.5 Å². The molecule has 3 aromatic rings. The van der Waals surface area contributed by atoms with Crippen molar-refractivity contribution >= 4 is 22.4 Å². The smallest absolute Gasteiger partial charge is 0.256 e. The minimum Gasteiger partial charge on any atom is -0.366 e. The van der Waals surface area contributed by atoms with E-state index < -0.39 is 0 Å². The highest BCUT2D eigenvalue weighted by Crippen LogP contribution is 2.22. The number of fused-ring (bicyclic) bond motifs is 1. The molecule has 1 aromatic heterocycles. The van der Waals surface area contributed by atoms with Gasteiger partial charge in [0.2, 0.25) is 0 Å². The van der Waals surface area contributed by atoms with E-state index in [-0.39, 0.29) is 17.3 Å². The third-order valence-corrected chi connectivity index (χ3v) is 4.80. The van der Waals surface area contributed by atoms with Gasteiger partial charge in [-0.05, 0) is 18.2 Å². The Bertz CT molecular complexity index is 1020. The first-order chi connectivity index (χ1) is 12.6. The zero-order valence-corrected chi connectivity index (χ0v) is 14.1. The molecule has 0 unspecified atom stereocenters. The Morgan fingerprint density at radius 3 is 2.31 bits per heavy atom. The highest BCUT2D eigenvalue weighted by molar-refractivity contribution is 6.06. The molecule has 26 heavy (non-hydrogen) atoms. The number of hydrogen-bond acceptors (Lipinski definition) is 3. The maximum atomic E-state index is 14.0. The van der Waals surface area contributed by atoms with E-state index >= 15 is 0 Å². The number of nitrogens with one attached hydrogen (secondary N) is 1. The Labute approximate surface area is 149 Å². The van der Waals surface area contributed by atoms with Crippen molar-refractivity contribution < 1.29 is 9.18 Å². The number of para-hydroxylation sites is 1. The predicted octanol–water partition coefficient (Wildman–Crippen LogP) is 2.63. The number of hydrogen-bond donors (Lipinski definition) is 1. The largest absolute Gasteiger partial charge is 0.366 e. The summed E-state index contributed by atoms with van der Waals surface area (Å²) in [5.74, 6) is -0.371. The first kappa shape index (κ1) is 16.3. The van der Waals surface area contributed by atoms with E-state index in [4.69, 9.17) is 0 Å². The quantitative estimate of drug-likeness (QED) is 0.772. The van der Waals surface area contributed by atoms with Gasteiger partial charge in [0.15, 0.2) is 0 Å². The summed E-state index contributed by atoms with van der Waals surface area (Å²) in [4.78, 5) is 31.2. The van der Waals surface area contributed by atoms with Crippen molar-refractivity contribution in [2.75, 3.05) is 31.1 Å². The van der Waals surface area contributed by atoms with Crippen LogP contribution in [0.15, 0.2) is 59.5 Å². The van der Waals surface area contributed by atoms with Gasteiger partial charge in [-0.25, -0.2) is 4.39 Å². The van der Waals surface area contributed by atoms with Gasteiger partial charge in [-0.3, -0.25) is 9.59 Å². The van der Waals surface area contributed by atoms with Gasteiger partial charge in [-0.2, -0.15) is 0 Å². The van der Waals surface area contributed by atoms with Gasteiger partial charge in [0.1, 0.15) is 5.82 Å². The Balaban J connectivity index is 1.56. The van der Waals surface area contributed by atoms with Gasteiger partial charge in [-0.1, -0.05) is 30.3 Å². The maximum Gasteiger partial charge on any atom is 0.256 e. The number of piperazine rings is 1. The molecular formula is C20H18FN3O2. The van der Waals surface area contributed by atoms with Crippen molar-refractivity contribution in [3.05, 3.63) is 76.5 Å². The van der Waals surface area contributed by atoms with Gasteiger partial charge in [0.25, 0.3) is 11.5 Å². The van der Waals surface area contributed by atoms with Crippen molar-refractivity contribution in [3.63, 3.8) is 0 Å². The maximum absolute atomic E-state index is 14.0. The van der Waals surface area contributed by atoms with Crippen LogP contribution in [0.5, 0.6) is 0 Å². The van der Waals surface area contributed by atoms with Gasteiger partial charge in [-0.15, -0.1) is 0 Å². The lowest BCUT2D eigenvalue weighted by Gasteiger charge is -2.36. The van der Waals surface area contributed by atoms with Crippen molar-refractivity contribution in [2.24, 2.45) is 0 Å². The van der Waals surface area contributed by atoms with Gasteiger partial charge in [0, 0.05) is 43.1 Å². The number of carbonyl (C=O) groups excluding carboxylic acids is 1.